The second kappa shape index (κ2) is 5.03. The molecule has 0 saturated heterocycles. The minimum atomic E-state index is 0.0833. The number of aliphatic hydroxyl groups excluding tert-OH is 1. The number of nitrogens with one attached hydrogen (secondary N) is 1. The van der Waals surface area contributed by atoms with Gasteiger partial charge in [0.2, 0.25) is 0 Å². The van der Waals surface area contributed by atoms with Crippen molar-refractivity contribution in [1.29, 1.82) is 0 Å². The quantitative estimate of drug-likeness (QED) is 0.440. The molecule has 0 aromatic carbocycles. The molecule has 0 radical (unpaired) electrons. The summed E-state index contributed by atoms with van der Waals surface area (Å²) in [5, 5.41) is 11.5. The number of nitrogens with two attached hydrogens (primary N) is 1. The maximum atomic E-state index is 8.51. The van der Waals surface area contributed by atoms with Crippen molar-refractivity contribution in [2.45, 2.75) is 13.0 Å². The van der Waals surface area contributed by atoms with Gasteiger partial charge in [0, 0.05) is 12.6 Å². The predicted octanol–water partition coefficient (Wildman–Crippen LogP) is -1.08. The van der Waals surface area contributed by atoms with E-state index in [0.717, 1.165) is 6.54 Å². The highest BCUT2D eigenvalue weighted by Crippen LogP contribution is 1.73. The van der Waals surface area contributed by atoms with Crippen LogP contribution in [0.1, 0.15) is 6.92 Å². The van der Waals surface area contributed by atoms with Crippen LogP contribution in [0.25, 0.3) is 0 Å². The maximum Gasteiger partial charge on any atom is 0.0597 e. The second-order valence-electron chi connectivity index (χ2n) is 1.67. The molecule has 0 aliphatic carbocycles. The van der Waals surface area contributed by atoms with E-state index < -0.39 is 0 Å². The van der Waals surface area contributed by atoms with Gasteiger partial charge in [-0.25, -0.2) is 0 Å². The number of likely N-dealkylation sites (N-methyl/N-ethyl adjacent to an activating group) is 1. The Labute approximate surface area is 49.9 Å². The highest BCUT2D eigenvalue weighted by molar-refractivity contribution is 4.63. The first kappa shape index (κ1) is 7.88. The first-order valence-electron chi connectivity index (χ1n) is 2.89. The van der Waals surface area contributed by atoms with Crippen LogP contribution in [0.5, 0.6) is 0 Å². The lowest BCUT2D eigenvalue weighted by molar-refractivity contribution is 0.247. The van der Waals surface area contributed by atoms with E-state index in [1.165, 1.54) is 0 Å². The normalized spacial score (nSPS) is 13.9. The molecular formula is C5H14N2O. The lowest BCUT2D eigenvalue weighted by Gasteiger charge is -2.10. The van der Waals surface area contributed by atoms with E-state index in [1.807, 2.05) is 6.92 Å². The standard InChI is InChI=1S/C5H14N2O/c1-2-7-5(3-6)4-8/h5,7-8H,2-4,6H2,1H3. The first-order chi connectivity index (χ1) is 3.85. The van der Waals surface area contributed by atoms with E-state index in [-0.39, 0.29) is 12.6 Å². The summed E-state index contributed by atoms with van der Waals surface area (Å²) in [7, 11) is 0. The predicted molar refractivity (Wildman–Crippen MR) is 33.6 cm³/mol. The molecular weight excluding hydrogens is 104 g/mol. The van der Waals surface area contributed by atoms with Crippen molar-refractivity contribution in [3.8, 4) is 0 Å². The van der Waals surface area contributed by atoms with E-state index >= 15 is 0 Å². The Balaban J connectivity index is 3.07. The lowest BCUT2D eigenvalue weighted by Crippen LogP contribution is -2.38. The molecule has 0 heterocycles. The van der Waals surface area contributed by atoms with Crippen LogP contribution in [0.2, 0.25) is 0 Å². The minimum Gasteiger partial charge on any atom is -0.395 e. The van der Waals surface area contributed by atoms with E-state index in [4.69, 9.17) is 10.8 Å². The topological polar surface area (TPSA) is 58.3 Å². The van der Waals surface area contributed by atoms with Crippen molar-refractivity contribution in [3.05, 3.63) is 0 Å². The third kappa shape index (κ3) is 2.96. The molecule has 3 nitrogen and oxygen atoms in total. The summed E-state index contributed by atoms with van der Waals surface area (Å²) < 4.78 is 0. The largest absolute Gasteiger partial charge is 0.395 e. The summed E-state index contributed by atoms with van der Waals surface area (Å²) in [6, 6.07) is 0.0833. The van der Waals surface area contributed by atoms with Gasteiger partial charge in [-0.3, -0.25) is 0 Å². The molecule has 8 heavy (non-hydrogen) atoms. The Hall–Kier alpha value is -0.120. The molecule has 0 saturated carbocycles. The lowest BCUT2D eigenvalue weighted by atomic mass is 10.3. The minimum absolute atomic E-state index is 0.0833. The summed E-state index contributed by atoms with van der Waals surface area (Å²) in [4.78, 5) is 0. The van der Waals surface area contributed by atoms with Crippen molar-refractivity contribution in [2.75, 3.05) is 19.7 Å². The van der Waals surface area contributed by atoms with Crippen molar-refractivity contribution in [3.63, 3.8) is 0 Å². The molecule has 1 atom stereocenters. The van der Waals surface area contributed by atoms with Gasteiger partial charge in [-0.05, 0) is 6.54 Å². The maximum absolute atomic E-state index is 8.51. The zero-order valence-electron chi connectivity index (χ0n) is 5.22. The van der Waals surface area contributed by atoms with Crippen molar-refractivity contribution >= 4 is 0 Å². The Morgan fingerprint density at radius 3 is 2.50 bits per heavy atom. The molecule has 50 valence electrons. The average molecular weight is 118 g/mol. The highest BCUT2D eigenvalue weighted by atomic mass is 16.3. The summed E-state index contributed by atoms with van der Waals surface area (Å²) in [6.45, 7) is 3.48. The van der Waals surface area contributed by atoms with Crippen LogP contribution in [0.3, 0.4) is 0 Å². The van der Waals surface area contributed by atoms with Gasteiger partial charge in [-0.15, -0.1) is 0 Å². The van der Waals surface area contributed by atoms with Gasteiger partial charge in [-0.2, -0.15) is 0 Å². The van der Waals surface area contributed by atoms with E-state index in [0.29, 0.717) is 6.54 Å². The first-order valence-corrected chi connectivity index (χ1v) is 2.89. The van der Waals surface area contributed by atoms with Crippen LogP contribution < -0.4 is 11.1 Å². The van der Waals surface area contributed by atoms with Crippen LogP contribution in [0, 0.1) is 0 Å². The number of hydrogen-bond acceptors (Lipinski definition) is 3. The monoisotopic (exact) mass is 118 g/mol. The number of hydrogen-bond donors (Lipinski definition) is 3. The Bertz CT molecular complexity index is 45.7. The van der Waals surface area contributed by atoms with Gasteiger partial charge in [0.25, 0.3) is 0 Å². The Morgan fingerprint density at radius 1 is 1.75 bits per heavy atom. The van der Waals surface area contributed by atoms with Gasteiger partial charge in [-0.1, -0.05) is 6.92 Å². The van der Waals surface area contributed by atoms with E-state index in [2.05, 4.69) is 5.32 Å². The summed E-state index contributed by atoms with van der Waals surface area (Å²) in [5.41, 5.74) is 5.25. The van der Waals surface area contributed by atoms with E-state index in [9.17, 15) is 0 Å². The molecule has 0 aliphatic heterocycles. The molecule has 0 bridgehead atoms. The molecule has 1 unspecified atom stereocenters. The fourth-order valence-corrected chi connectivity index (χ4v) is 0.511. The zero-order chi connectivity index (χ0) is 6.41. The molecule has 0 spiro atoms. The molecule has 0 rings (SSSR count). The van der Waals surface area contributed by atoms with Crippen LogP contribution >= 0.6 is 0 Å². The van der Waals surface area contributed by atoms with Crippen molar-refractivity contribution < 1.29 is 5.11 Å². The molecule has 0 aromatic rings. The molecule has 4 N–H and O–H groups in total. The van der Waals surface area contributed by atoms with E-state index in [1.54, 1.807) is 0 Å². The van der Waals surface area contributed by atoms with Gasteiger partial charge < -0.3 is 16.2 Å². The van der Waals surface area contributed by atoms with Crippen LogP contribution in [0.15, 0.2) is 0 Å². The SMILES string of the molecule is CCNC(CN)CO. The third-order valence-electron chi connectivity index (χ3n) is 0.998. The molecule has 3 heteroatoms. The molecule has 0 fully saturated rings. The fraction of sp³-hybridized carbons (Fsp3) is 1.00. The van der Waals surface area contributed by atoms with Crippen LogP contribution in [-0.4, -0.2) is 30.8 Å². The number of rotatable bonds is 4. The molecule has 0 amide bonds. The zero-order valence-corrected chi connectivity index (χ0v) is 5.22. The summed E-state index contributed by atoms with van der Waals surface area (Å²) >= 11 is 0. The van der Waals surface area contributed by atoms with Crippen molar-refractivity contribution in [2.24, 2.45) is 5.73 Å². The number of aliphatic hydroxyl groups is 1. The van der Waals surface area contributed by atoms with Crippen LogP contribution in [0.4, 0.5) is 0 Å². The second-order valence-corrected chi connectivity index (χ2v) is 1.67. The van der Waals surface area contributed by atoms with Gasteiger partial charge in [0.1, 0.15) is 0 Å². The molecule has 0 aliphatic rings. The Kier molecular flexibility index (Phi) is 4.95. The third-order valence-corrected chi connectivity index (χ3v) is 0.998. The summed E-state index contributed by atoms with van der Waals surface area (Å²) in [6.07, 6.45) is 0. The van der Waals surface area contributed by atoms with Gasteiger partial charge in [0.15, 0.2) is 0 Å². The van der Waals surface area contributed by atoms with Gasteiger partial charge >= 0.3 is 0 Å². The van der Waals surface area contributed by atoms with Gasteiger partial charge in [0.05, 0.1) is 6.61 Å². The van der Waals surface area contributed by atoms with Crippen LogP contribution in [-0.2, 0) is 0 Å². The average Bonchev–Trinajstić information content (AvgIpc) is 1.83. The van der Waals surface area contributed by atoms with Crippen molar-refractivity contribution in [1.82, 2.24) is 5.32 Å². The fourth-order valence-electron chi connectivity index (χ4n) is 0.511. The summed E-state index contributed by atoms with van der Waals surface area (Å²) in [5.74, 6) is 0. The highest BCUT2D eigenvalue weighted by Gasteiger charge is 1.98. The Morgan fingerprint density at radius 2 is 2.38 bits per heavy atom. The molecule has 0 aromatic heterocycles. The smallest absolute Gasteiger partial charge is 0.0597 e.